The van der Waals surface area contributed by atoms with Crippen LogP contribution >= 0.6 is 0 Å². The third-order valence-corrected chi connectivity index (χ3v) is 3.95. The van der Waals surface area contributed by atoms with Gasteiger partial charge in [0.1, 0.15) is 5.75 Å². The molecule has 20 heavy (non-hydrogen) atoms. The predicted octanol–water partition coefficient (Wildman–Crippen LogP) is 1.96. The predicted molar refractivity (Wildman–Crippen MR) is 77.8 cm³/mol. The molecule has 0 unspecified atom stereocenters. The van der Waals surface area contributed by atoms with Gasteiger partial charge in [-0.05, 0) is 50.2 Å². The highest BCUT2D eigenvalue weighted by molar-refractivity contribution is 5.77. The van der Waals surface area contributed by atoms with Gasteiger partial charge in [0.05, 0.1) is 0 Å². The van der Waals surface area contributed by atoms with E-state index in [2.05, 4.69) is 5.32 Å². The summed E-state index contributed by atoms with van der Waals surface area (Å²) in [5, 5.41) is 11.9. The third-order valence-electron chi connectivity index (χ3n) is 3.95. The summed E-state index contributed by atoms with van der Waals surface area (Å²) in [6, 6.07) is 5.90. The molecule has 2 rings (SSSR count). The van der Waals surface area contributed by atoms with Gasteiger partial charge < -0.3 is 15.2 Å². The van der Waals surface area contributed by atoms with E-state index in [1.807, 2.05) is 32.0 Å². The molecule has 110 valence electrons. The van der Waals surface area contributed by atoms with E-state index in [4.69, 9.17) is 9.84 Å². The van der Waals surface area contributed by atoms with Crippen LogP contribution in [0.2, 0.25) is 0 Å². The van der Waals surface area contributed by atoms with Gasteiger partial charge in [0.15, 0.2) is 6.61 Å². The van der Waals surface area contributed by atoms with Crippen molar-refractivity contribution in [3.8, 4) is 5.75 Å². The average molecular weight is 277 g/mol. The molecular weight excluding hydrogens is 254 g/mol. The normalized spacial score (nSPS) is 15.8. The van der Waals surface area contributed by atoms with Crippen LogP contribution in [-0.4, -0.2) is 30.8 Å². The van der Waals surface area contributed by atoms with Crippen molar-refractivity contribution in [3.05, 3.63) is 29.3 Å². The molecule has 0 spiro atoms. The molecule has 1 fully saturated rings. The number of nitrogens with one attached hydrogen (secondary N) is 1. The molecule has 1 aliphatic carbocycles. The Kier molecular flexibility index (Phi) is 4.65. The summed E-state index contributed by atoms with van der Waals surface area (Å²) in [6.45, 7) is 4.87. The monoisotopic (exact) mass is 277 g/mol. The number of rotatable bonds is 7. The van der Waals surface area contributed by atoms with Crippen LogP contribution in [0.15, 0.2) is 18.2 Å². The maximum Gasteiger partial charge on any atom is 0.257 e. The molecule has 0 bridgehead atoms. The van der Waals surface area contributed by atoms with Crippen molar-refractivity contribution in [2.24, 2.45) is 5.41 Å². The Morgan fingerprint density at radius 1 is 1.40 bits per heavy atom. The first-order chi connectivity index (χ1) is 9.54. The van der Waals surface area contributed by atoms with Crippen LogP contribution in [-0.2, 0) is 4.79 Å². The number of hydrogen-bond donors (Lipinski definition) is 2. The zero-order chi connectivity index (χ0) is 14.6. The van der Waals surface area contributed by atoms with Crippen molar-refractivity contribution < 1.29 is 14.6 Å². The van der Waals surface area contributed by atoms with Gasteiger partial charge in [0, 0.05) is 13.2 Å². The molecule has 1 aromatic rings. The molecule has 1 aromatic carbocycles. The minimum absolute atomic E-state index is 0.0408. The van der Waals surface area contributed by atoms with Crippen LogP contribution in [0.3, 0.4) is 0 Å². The molecule has 4 heteroatoms. The zero-order valence-electron chi connectivity index (χ0n) is 12.2. The summed E-state index contributed by atoms with van der Waals surface area (Å²) in [5.74, 6) is 0.649. The second-order valence-corrected chi connectivity index (χ2v) is 5.81. The number of aliphatic hydroxyl groups is 1. The fourth-order valence-corrected chi connectivity index (χ4v) is 2.37. The van der Waals surface area contributed by atoms with Gasteiger partial charge >= 0.3 is 0 Å². The van der Waals surface area contributed by atoms with E-state index >= 15 is 0 Å². The summed E-state index contributed by atoms with van der Waals surface area (Å²) in [4.78, 5) is 11.8. The number of aryl methyl sites for hydroxylation is 2. The van der Waals surface area contributed by atoms with Crippen LogP contribution in [0.1, 0.15) is 30.4 Å². The third kappa shape index (κ3) is 3.97. The smallest absolute Gasteiger partial charge is 0.257 e. The fraction of sp³-hybridized carbons (Fsp3) is 0.562. The van der Waals surface area contributed by atoms with E-state index in [0.717, 1.165) is 30.6 Å². The molecule has 0 aromatic heterocycles. The number of amides is 1. The SMILES string of the molecule is Cc1ccc(OCC(=O)NCC2(CCO)CC2)c(C)c1. The number of ether oxygens (including phenoxy) is 1. The van der Waals surface area contributed by atoms with Crippen molar-refractivity contribution in [2.75, 3.05) is 19.8 Å². The number of aliphatic hydroxyl groups excluding tert-OH is 1. The van der Waals surface area contributed by atoms with Crippen molar-refractivity contribution in [2.45, 2.75) is 33.1 Å². The van der Waals surface area contributed by atoms with Gasteiger partial charge in [0.2, 0.25) is 0 Å². The highest BCUT2D eigenvalue weighted by atomic mass is 16.5. The summed E-state index contributed by atoms with van der Waals surface area (Å²) in [7, 11) is 0. The molecule has 2 N–H and O–H groups in total. The van der Waals surface area contributed by atoms with E-state index in [1.165, 1.54) is 5.56 Å². The number of benzene rings is 1. The minimum atomic E-state index is -0.103. The zero-order valence-corrected chi connectivity index (χ0v) is 12.2. The topological polar surface area (TPSA) is 58.6 Å². The lowest BCUT2D eigenvalue weighted by Crippen LogP contribution is -2.34. The van der Waals surface area contributed by atoms with Crippen LogP contribution in [0.4, 0.5) is 0 Å². The van der Waals surface area contributed by atoms with Crippen molar-refractivity contribution in [3.63, 3.8) is 0 Å². The van der Waals surface area contributed by atoms with E-state index in [0.29, 0.717) is 6.54 Å². The van der Waals surface area contributed by atoms with Gasteiger partial charge in [-0.3, -0.25) is 4.79 Å². The van der Waals surface area contributed by atoms with Gasteiger partial charge in [-0.25, -0.2) is 0 Å². The Bertz CT molecular complexity index is 481. The summed E-state index contributed by atoms with van der Waals surface area (Å²) < 4.78 is 5.54. The van der Waals surface area contributed by atoms with Gasteiger partial charge in [-0.2, -0.15) is 0 Å². The molecule has 0 radical (unpaired) electrons. The maximum absolute atomic E-state index is 11.8. The lowest BCUT2D eigenvalue weighted by molar-refractivity contribution is -0.123. The largest absolute Gasteiger partial charge is 0.484 e. The maximum atomic E-state index is 11.8. The highest BCUT2D eigenvalue weighted by Crippen LogP contribution is 2.47. The first-order valence-corrected chi connectivity index (χ1v) is 7.12. The Labute approximate surface area is 120 Å². The van der Waals surface area contributed by atoms with Crippen LogP contribution in [0.5, 0.6) is 5.75 Å². The lowest BCUT2D eigenvalue weighted by Gasteiger charge is -2.15. The molecule has 0 saturated heterocycles. The number of hydrogen-bond acceptors (Lipinski definition) is 3. The lowest BCUT2D eigenvalue weighted by atomic mass is 10.0. The quantitative estimate of drug-likeness (QED) is 0.801. The van der Waals surface area contributed by atoms with Crippen molar-refractivity contribution in [1.82, 2.24) is 5.32 Å². The fourth-order valence-electron chi connectivity index (χ4n) is 2.37. The van der Waals surface area contributed by atoms with Crippen molar-refractivity contribution >= 4 is 5.91 Å². The van der Waals surface area contributed by atoms with E-state index in [1.54, 1.807) is 0 Å². The van der Waals surface area contributed by atoms with E-state index in [-0.39, 0.29) is 24.5 Å². The summed E-state index contributed by atoms with van der Waals surface area (Å²) in [6.07, 6.45) is 2.95. The highest BCUT2D eigenvalue weighted by Gasteiger charge is 2.41. The van der Waals surface area contributed by atoms with Gasteiger partial charge in [-0.15, -0.1) is 0 Å². The Balaban J connectivity index is 1.75. The van der Waals surface area contributed by atoms with E-state index in [9.17, 15) is 4.79 Å². The van der Waals surface area contributed by atoms with Gasteiger partial charge in [-0.1, -0.05) is 17.7 Å². The molecule has 0 heterocycles. The van der Waals surface area contributed by atoms with Crippen LogP contribution in [0, 0.1) is 19.3 Å². The second kappa shape index (κ2) is 6.27. The molecule has 1 amide bonds. The second-order valence-electron chi connectivity index (χ2n) is 5.81. The molecule has 0 aliphatic heterocycles. The number of carbonyl (C=O) groups is 1. The number of carbonyl (C=O) groups excluding carboxylic acids is 1. The van der Waals surface area contributed by atoms with Gasteiger partial charge in [0.25, 0.3) is 5.91 Å². The molecule has 4 nitrogen and oxygen atoms in total. The van der Waals surface area contributed by atoms with E-state index < -0.39 is 0 Å². The minimum Gasteiger partial charge on any atom is -0.484 e. The molecule has 1 aliphatic rings. The Morgan fingerprint density at radius 2 is 2.15 bits per heavy atom. The molecule has 0 atom stereocenters. The van der Waals surface area contributed by atoms with Crippen LogP contribution < -0.4 is 10.1 Å². The average Bonchev–Trinajstić information content (AvgIpc) is 3.16. The first-order valence-electron chi connectivity index (χ1n) is 7.12. The molecular formula is C16H23NO3. The standard InChI is InChI=1S/C16H23NO3/c1-12-3-4-14(13(2)9-12)20-10-15(19)17-11-16(5-6-16)7-8-18/h3-4,9,18H,5-8,10-11H2,1-2H3,(H,17,19). The van der Waals surface area contributed by atoms with Crippen molar-refractivity contribution in [1.29, 1.82) is 0 Å². The van der Waals surface area contributed by atoms with Crippen LogP contribution in [0.25, 0.3) is 0 Å². The summed E-state index contributed by atoms with van der Waals surface area (Å²) in [5.41, 5.74) is 2.36. The Morgan fingerprint density at radius 3 is 2.75 bits per heavy atom. The summed E-state index contributed by atoms with van der Waals surface area (Å²) >= 11 is 0. The first kappa shape index (κ1) is 14.9. The molecule has 1 saturated carbocycles. The Hall–Kier alpha value is -1.55.